The second kappa shape index (κ2) is 10.2. The SMILES string of the molecule is CCOc1ccc(S(=O)(=O)NCC(c2ccc3c(c2)CCCN3C)N2CCOCC2)cc1. The van der Waals surface area contributed by atoms with E-state index in [1.807, 2.05) is 6.92 Å². The number of anilines is 1. The lowest BCUT2D eigenvalue weighted by atomic mass is 9.96. The van der Waals surface area contributed by atoms with Gasteiger partial charge in [0.25, 0.3) is 0 Å². The molecule has 0 aliphatic carbocycles. The van der Waals surface area contributed by atoms with Crippen molar-refractivity contribution in [1.29, 1.82) is 0 Å². The van der Waals surface area contributed by atoms with E-state index in [1.54, 1.807) is 24.3 Å². The van der Waals surface area contributed by atoms with Crippen LogP contribution in [0.1, 0.15) is 30.5 Å². The van der Waals surface area contributed by atoms with Gasteiger partial charge in [-0.2, -0.15) is 0 Å². The average molecular weight is 460 g/mol. The number of nitrogens with zero attached hydrogens (tertiary/aromatic N) is 2. The normalized spacial score (nSPS) is 18.2. The lowest BCUT2D eigenvalue weighted by Gasteiger charge is -2.36. The van der Waals surface area contributed by atoms with E-state index in [0.717, 1.165) is 38.0 Å². The number of nitrogens with one attached hydrogen (secondary N) is 1. The molecule has 0 aromatic heterocycles. The second-order valence-corrected chi connectivity index (χ2v) is 10.1. The Labute approximate surface area is 191 Å². The summed E-state index contributed by atoms with van der Waals surface area (Å²) in [5, 5.41) is 0. The Bertz CT molecular complexity index is 1000. The molecule has 0 bridgehead atoms. The summed E-state index contributed by atoms with van der Waals surface area (Å²) in [6, 6.07) is 13.1. The lowest BCUT2D eigenvalue weighted by Crippen LogP contribution is -2.43. The average Bonchev–Trinajstić information content (AvgIpc) is 2.81. The molecule has 2 aromatic rings. The quantitative estimate of drug-likeness (QED) is 0.655. The monoisotopic (exact) mass is 459 g/mol. The maximum absolute atomic E-state index is 13.0. The summed E-state index contributed by atoms with van der Waals surface area (Å²) < 4.78 is 39.8. The molecule has 4 rings (SSSR count). The molecule has 1 fully saturated rings. The van der Waals surface area contributed by atoms with Gasteiger partial charge in [0.05, 0.1) is 24.7 Å². The third-order valence-corrected chi connectivity index (χ3v) is 7.68. The molecule has 0 saturated carbocycles. The van der Waals surface area contributed by atoms with Gasteiger partial charge in [-0.3, -0.25) is 4.90 Å². The number of rotatable bonds is 8. The van der Waals surface area contributed by atoms with E-state index in [1.165, 1.54) is 11.3 Å². The molecule has 1 atom stereocenters. The van der Waals surface area contributed by atoms with Crippen molar-refractivity contribution in [2.45, 2.75) is 30.7 Å². The summed E-state index contributed by atoms with van der Waals surface area (Å²) in [7, 11) is -1.50. The molecular formula is C24H33N3O4S. The van der Waals surface area contributed by atoms with Crippen LogP contribution in [0.5, 0.6) is 5.75 Å². The molecule has 0 amide bonds. The first-order chi connectivity index (χ1) is 15.5. The Hall–Kier alpha value is -2.13. The Kier molecular flexibility index (Phi) is 7.35. The maximum atomic E-state index is 13.0. The topological polar surface area (TPSA) is 71.1 Å². The second-order valence-electron chi connectivity index (χ2n) is 8.33. The predicted octanol–water partition coefficient (Wildman–Crippen LogP) is 2.82. The van der Waals surface area contributed by atoms with Crippen molar-refractivity contribution in [2.75, 3.05) is 57.9 Å². The minimum absolute atomic E-state index is 0.0473. The van der Waals surface area contributed by atoms with Crippen LogP contribution in [0.4, 0.5) is 5.69 Å². The van der Waals surface area contributed by atoms with Gasteiger partial charge in [0, 0.05) is 45.0 Å². The van der Waals surface area contributed by atoms with Crippen LogP contribution in [0, 0.1) is 0 Å². The largest absolute Gasteiger partial charge is 0.494 e. The van der Waals surface area contributed by atoms with Gasteiger partial charge in [-0.15, -0.1) is 0 Å². The van der Waals surface area contributed by atoms with Crippen LogP contribution < -0.4 is 14.4 Å². The van der Waals surface area contributed by atoms with Crippen LogP contribution in [0.25, 0.3) is 0 Å². The van der Waals surface area contributed by atoms with Gasteiger partial charge in [0.1, 0.15) is 5.75 Å². The highest BCUT2D eigenvalue weighted by Gasteiger charge is 2.26. The van der Waals surface area contributed by atoms with E-state index < -0.39 is 10.0 Å². The molecule has 174 valence electrons. The minimum atomic E-state index is -3.63. The molecule has 2 heterocycles. The highest BCUT2D eigenvalue weighted by molar-refractivity contribution is 7.89. The van der Waals surface area contributed by atoms with Crippen molar-refractivity contribution >= 4 is 15.7 Å². The zero-order chi connectivity index (χ0) is 22.6. The van der Waals surface area contributed by atoms with Crippen molar-refractivity contribution in [1.82, 2.24) is 9.62 Å². The van der Waals surface area contributed by atoms with Gasteiger partial charge in [0.2, 0.25) is 10.0 Å². The number of hydrogen-bond donors (Lipinski definition) is 1. The molecule has 1 saturated heterocycles. The first-order valence-electron chi connectivity index (χ1n) is 11.4. The number of benzene rings is 2. The van der Waals surface area contributed by atoms with Gasteiger partial charge in [0.15, 0.2) is 0 Å². The van der Waals surface area contributed by atoms with E-state index >= 15 is 0 Å². The maximum Gasteiger partial charge on any atom is 0.240 e. The van der Waals surface area contributed by atoms with Crippen LogP contribution in [-0.2, 0) is 21.2 Å². The zero-order valence-electron chi connectivity index (χ0n) is 18.9. The van der Waals surface area contributed by atoms with E-state index in [2.05, 4.69) is 39.8 Å². The van der Waals surface area contributed by atoms with E-state index in [9.17, 15) is 8.42 Å². The number of fused-ring (bicyclic) bond motifs is 1. The highest BCUT2D eigenvalue weighted by Crippen LogP contribution is 2.31. The molecule has 2 aliphatic rings. The van der Waals surface area contributed by atoms with Gasteiger partial charge in [-0.1, -0.05) is 12.1 Å². The molecule has 2 aliphatic heterocycles. The highest BCUT2D eigenvalue weighted by atomic mass is 32.2. The molecule has 1 unspecified atom stereocenters. The standard InChI is InChI=1S/C24H33N3O4S/c1-3-31-21-7-9-22(10-8-21)32(28,29)25-18-24(27-13-15-30-16-14-27)20-6-11-23-19(17-20)5-4-12-26(23)2/h6-11,17,24-25H,3-5,12-16,18H2,1-2H3. The number of morpholine rings is 1. The van der Waals surface area contributed by atoms with Gasteiger partial charge < -0.3 is 14.4 Å². The van der Waals surface area contributed by atoms with Crippen LogP contribution in [0.3, 0.4) is 0 Å². The molecule has 1 N–H and O–H groups in total. The van der Waals surface area contributed by atoms with Crippen molar-refractivity contribution in [3.05, 3.63) is 53.6 Å². The zero-order valence-corrected chi connectivity index (χ0v) is 19.7. The number of aryl methyl sites for hydroxylation is 1. The van der Waals surface area contributed by atoms with Crippen molar-refractivity contribution in [2.24, 2.45) is 0 Å². The van der Waals surface area contributed by atoms with Gasteiger partial charge >= 0.3 is 0 Å². The summed E-state index contributed by atoms with van der Waals surface area (Å²) >= 11 is 0. The fraction of sp³-hybridized carbons (Fsp3) is 0.500. The number of hydrogen-bond acceptors (Lipinski definition) is 6. The molecule has 7 nitrogen and oxygen atoms in total. The van der Waals surface area contributed by atoms with Gasteiger partial charge in [-0.05, 0) is 61.2 Å². The molecule has 0 radical (unpaired) electrons. The summed E-state index contributed by atoms with van der Waals surface area (Å²) in [6.07, 6.45) is 2.20. The van der Waals surface area contributed by atoms with Crippen LogP contribution >= 0.6 is 0 Å². The van der Waals surface area contributed by atoms with Crippen LogP contribution in [-0.4, -0.2) is 66.4 Å². The number of ether oxygens (including phenoxy) is 2. The van der Waals surface area contributed by atoms with Crippen molar-refractivity contribution in [3.8, 4) is 5.75 Å². The van der Waals surface area contributed by atoms with Crippen molar-refractivity contribution < 1.29 is 17.9 Å². The Balaban J connectivity index is 1.55. The van der Waals surface area contributed by atoms with Crippen LogP contribution in [0.2, 0.25) is 0 Å². The molecule has 8 heteroatoms. The fourth-order valence-electron chi connectivity index (χ4n) is 4.51. The Morgan fingerprint density at radius 2 is 1.84 bits per heavy atom. The molecule has 0 spiro atoms. The van der Waals surface area contributed by atoms with Gasteiger partial charge in [-0.25, -0.2) is 13.1 Å². The third-order valence-electron chi connectivity index (χ3n) is 6.24. The fourth-order valence-corrected chi connectivity index (χ4v) is 5.55. The van der Waals surface area contributed by atoms with E-state index in [0.29, 0.717) is 32.1 Å². The summed E-state index contributed by atoms with van der Waals surface area (Å²) in [4.78, 5) is 4.85. The molecule has 32 heavy (non-hydrogen) atoms. The first-order valence-corrected chi connectivity index (χ1v) is 12.8. The molecular weight excluding hydrogens is 426 g/mol. The predicted molar refractivity (Wildman–Crippen MR) is 126 cm³/mol. The Morgan fingerprint density at radius 3 is 2.56 bits per heavy atom. The van der Waals surface area contributed by atoms with Crippen LogP contribution in [0.15, 0.2) is 47.4 Å². The summed E-state index contributed by atoms with van der Waals surface area (Å²) in [6.45, 7) is 6.72. The van der Waals surface area contributed by atoms with E-state index in [4.69, 9.17) is 9.47 Å². The smallest absolute Gasteiger partial charge is 0.240 e. The van der Waals surface area contributed by atoms with Crippen molar-refractivity contribution in [3.63, 3.8) is 0 Å². The van der Waals surface area contributed by atoms with E-state index in [-0.39, 0.29) is 10.9 Å². The Morgan fingerprint density at radius 1 is 1.09 bits per heavy atom. The summed E-state index contributed by atoms with van der Waals surface area (Å²) in [5.41, 5.74) is 3.76. The summed E-state index contributed by atoms with van der Waals surface area (Å²) in [5.74, 6) is 0.664. The first kappa shape index (κ1) is 23.0. The molecule has 2 aromatic carbocycles. The number of sulfonamides is 1. The minimum Gasteiger partial charge on any atom is -0.494 e. The lowest BCUT2D eigenvalue weighted by molar-refractivity contribution is 0.0172. The third kappa shape index (κ3) is 5.26.